The monoisotopic (exact) mass is 342 g/mol. The molecule has 2 aromatic heterocycles. The summed E-state index contributed by atoms with van der Waals surface area (Å²) in [4.78, 5) is 25.1. The number of amides is 1. The van der Waals surface area contributed by atoms with E-state index in [2.05, 4.69) is 10.4 Å². The minimum Gasteiger partial charge on any atom is -0.350 e. The number of rotatable bonds is 4. The predicted octanol–water partition coefficient (Wildman–Crippen LogP) is 2.07. The van der Waals surface area contributed by atoms with E-state index < -0.39 is 0 Å². The number of nitrogens with one attached hydrogen (secondary N) is 1. The predicted molar refractivity (Wildman–Crippen MR) is 97.1 cm³/mol. The van der Waals surface area contributed by atoms with E-state index in [0.29, 0.717) is 6.54 Å². The fourth-order valence-electron chi connectivity index (χ4n) is 3.67. The summed E-state index contributed by atoms with van der Waals surface area (Å²) in [6, 6.07) is 3.83. The van der Waals surface area contributed by atoms with E-state index in [4.69, 9.17) is 0 Å². The Kier molecular flexibility index (Phi) is 4.79. The van der Waals surface area contributed by atoms with E-state index in [9.17, 15) is 9.59 Å². The van der Waals surface area contributed by atoms with E-state index in [0.717, 1.165) is 48.3 Å². The summed E-state index contributed by atoms with van der Waals surface area (Å²) in [5.74, 6) is -0.303. The first-order valence-electron chi connectivity index (χ1n) is 8.91. The van der Waals surface area contributed by atoms with Gasteiger partial charge in [0.15, 0.2) is 0 Å². The largest absolute Gasteiger partial charge is 0.350 e. The van der Waals surface area contributed by atoms with Gasteiger partial charge in [0.25, 0.3) is 11.5 Å². The topological polar surface area (TPSA) is 68.9 Å². The van der Waals surface area contributed by atoms with Gasteiger partial charge in [0.1, 0.15) is 5.56 Å². The van der Waals surface area contributed by atoms with Crippen LogP contribution in [0.25, 0.3) is 0 Å². The summed E-state index contributed by atoms with van der Waals surface area (Å²) in [6.07, 6.45) is 4.07. The van der Waals surface area contributed by atoms with Crippen LogP contribution in [0.2, 0.25) is 0 Å². The molecule has 1 aliphatic carbocycles. The molecule has 25 heavy (non-hydrogen) atoms. The molecule has 3 rings (SSSR count). The van der Waals surface area contributed by atoms with Gasteiger partial charge in [0.05, 0.1) is 11.7 Å². The van der Waals surface area contributed by atoms with Gasteiger partial charge in [-0.05, 0) is 64.2 Å². The molecular formula is C19H26N4O2. The fraction of sp³-hybridized carbons (Fsp3) is 0.526. The highest BCUT2D eigenvalue weighted by Crippen LogP contribution is 2.20. The van der Waals surface area contributed by atoms with Crippen molar-refractivity contribution in [3.05, 3.63) is 50.7 Å². The average molecular weight is 342 g/mol. The highest BCUT2D eigenvalue weighted by Gasteiger charge is 2.20. The van der Waals surface area contributed by atoms with Crippen molar-refractivity contribution in [2.24, 2.45) is 7.05 Å². The number of fused-ring (bicyclic) bond motifs is 1. The smallest absolute Gasteiger partial charge is 0.263 e. The van der Waals surface area contributed by atoms with Crippen molar-refractivity contribution in [1.29, 1.82) is 0 Å². The second-order valence-electron chi connectivity index (χ2n) is 7.03. The number of hydrogen-bond acceptors (Lipinski definition) is 3. The molecule has 0 fully saturated rings. The summed E-state index contributed by atoms with van der Waals surface area (Å²) in [6.45, 7) is 6.38. The summed E-state index contributed by atoms with van der Waals surface area (Å²) in [5, 5.41) is 7.35. The minimum atomic E-state index is -0.303. The molecule has 0 aromatic carbocycles. The van der Waals surface area contributed by atoms with Crippen molar-refractivity contribution < 1.29 is 4.79 Å². The van der Waals surface area contributed by atoms with Crippen LogP contribution in [0.5, 0.6) is 0 Å². The third kappa shape index (κ3) is 3.38. The van der Waals surface area contributed by atoms with Crippen molar-refractivity contribution in [2.75, 3.05) is 6.54 Å². The fourth-order valence-corrected chi connectivity index (χ4v) is 3.67. The SMILES string of the molecule is Cc1cc(C)n([C@H](C)CNC(=O)c2cc3c(n(C)c2=O)CCCC3)n1. The molecule has 2 heterocycles. The van der Waals surface area contributed by atoms with Crippen LogP contribution >= 0.6 is 0 Å². The zero-order valence-corrected chi connectivity index (χ0v) is 15.4. The van der Waals surface area contributed by atoms with E-state index in [1.54, 1.807) is 17.7 Å². The number of pyridine rings is 1. The van der Waals surface area contributed by atoms with Crippen LogP contribution in [0.3, 0.4) is 0 Å². The Morgan fingerprint density at radius 3 is 2.68 bits per heavy atom. The average Bonchev–Trinajstić information content (AvgIpc) is 2.94. The molecule has 0 aliphatic heterocycles. The third-order valence-corrected chi connectivity index (χ3v) is 5.00. The zero-order chi connectivity index (χ0) is 18.1. The summed E-state index contributed by atoms with van der Waals surface area (Å²) in [5.41, 5.74) is 4.25. The molecule has 134 valence electrons. The maximum atomic E-state index is 12.6. The molecule has 0 saturated heterocycles. The maximum absolute atomic E-state index is 12.6. The second kappa shape index (κ2) is 6.86. The van der Waals surface area contributed by atoms with Crippen LogP contribution in [-0.4, -0.2) is 26.8 Å². The van der Waals surface area contributed by atoms with Crippen LogP contribution in [0.1, 0.15) is 58.8 Å². The number of aromatic nitrogens is 3. The highest BCUT2D eigenvalue weighted by atomic mass is 16.2. The van der Waals surface area contributed by atoms with Gasteiger partial charge in [0.2, 0.25) is 0 Å². The van der Waals surface area contributed by atoms with Gasteiger partial charge in [0, 0.05) is 25.0 Å². The minimum absolute atomic E-state index is 0.0270. The maximum Gasteiger partial charge on any atom is 0.263 e. The standard InChI is InChI=1S/C19H26N4O2/c1-12-9-13(2)23(21-12)14(3)11-20-18(24)16-10-15-7-5-6-8-17(15)22(4)19(16)25/h9-10,14H,5-8,11H2,1-4H3,(H,20,24)/t14-/m1/s1. The first kappa shape index (κ1) is 17.5. The summed E-state index contributed by atoms with van der Waals surface area (Å²) in [7, 11) is 1.77. The molecule has 1 N–H and O–H groups in total. The molecule has 2 aromatic rings. The lowest BCUT2D eigenvalue weighted by atomic mass is 9.94. The van der Waals surface area contributed by atoms with Crippen molar-refractivity contribution in [1.82, 2.24) is 19.7 Å². The molecule has 1 amide bonds. The van der Waals surface area contributed by atoms with Crippen LogP contribution in [0.4, 0.5) is 0 Å². The van der Waals surface area contributed by atoms with Crippen molar-refractivity contribution in [2.45, 2.75) is 52.5 Å². The van der Waals surface area contributed by atoms with E-state index in [1.165, 1.54) is 0 Å². The molecule has 0 spiro atoms. The highest BCUT2D eigenvalue weighted by molar-refractivity contribution is 5.94. The van der Waals surface area contributed by atoms with Gasteiger partial charge < -0.3 is 9.88 Å². The van der Waals surface area contributed by atoms with Gasteiger partial charge in [-0.3, -0.25) is 14.3 Å². The van der Waals surface area contributed by atoms with Gasteiger partial charge in [-0.1, -0.05) is 0 Å². The second-order valence-corrected chi connectivity index (χ2v) is 7.03. The number of hydrogen-bond donors (Lipinski definition) is 1. The van der Waals surface area contributed by atoms with Crippen LogP contribution in [0.15, 0.2) is 16.9 Å². The van der Waals surface area contributed by atoms with Crippen molar-refractivity contribution in [3.8, 4) is 0 Å². The van der Waals surface area contributed by atoms with E-state index >= 15 is 0 Å². The number of nitrogens with zero attached hydrogens (tertiary/aromatic N) is 3. The molecule has 0 radical (unpaired) electrons. The van der Waals surface area contributed by atoms with Gasteiger partial charge in [-0.15, -0.1) is 0 Å². The molecule has 6 nitrogen and oxygen atoms in total. The Balaban J connectivity index is 1.76. The molecule has 1 atom stereocenters. The lowest BCUT2D eigenvalue weighted by Crippen LogP contribution is -2.37. The van der Waals surface area contributed by atoms with Gasteiger partial charge in [-0.2, -0.15) is 5.10 Å². The summed E-state index contributed by atoms with van der Waals surface area (Å²) >= 11 is 0. The van der Waals surface area contributed by atoms with Gasteiger partial charge in [-0.25, -0.2) is 0 Å². The van der Waals surface area contributed by atoms with Crippen LogP contribution < -0.4 is 10.9 Å². The number of aryl methyl sites for hydroxylation is 3. The Morgan fingerprint density at radius 1 is 1.28 bits per heavy atom. The van der Waals surface area contributed by atoms with E-state index in [-0.39, 0.29) is 23.1 Å². The molecule has 0 saturated carbocycles. The molecule has 1 aliphatic rings. The third-order valence-electron chi connectivity index (χ3n) is 5.00. The quantitative estimate of drug-likeness (QED) is 0.925. The lowest BCUT2D eigenvalue weighted by molar-refractivity contribution is 0.0945. The molecule has 6 heteroatoms. The molecule has 0 unspecified atom stereocenters. The zero-order valence-electron chi connectivity index (χ0n) is 15.4. The first-order chi connectivity index (χ1) is 11.9. The van der Waals surface area contributed by atoms with E-state index in [1.807, 2.05) is 31.5 Å². The van der Waals surface area contributed by atoms with Crippen LogP contribution in [-0.2, 0) is 19.9 Å². The Bertz CT molecular complexity index is 863. The first-order valence-corrected chi connectivity index (χ1v) is 8.91. The lowest BCUT2D eigenvalue weighted by Gasteiger charge is -2.20. The van der Waals surface area contributed by atoms with Crippen LogP contribution in [0, 0.1) is 13.8 Å². The molecule has 0 bridgehead atoms. The molecular weight excluding hydrogens is 316 g/mol. The Hall–Kier alpha value is -2.37. The van der Waals surface area contributed by atoms with Crippen molar-refractivity contribution >= 4 is 5.91 Å². The van der Waals surface area contributed by atoms with Gasteiger partial charge >= 0.3 is 0 Å². The normalized spacial score (nSPS) is 14.9. The van der Waals surface area contributed by atoms with Crippen molar-refractivity contribution in [3.63, 3.8) is 0 Å². The number of carbonyl (C=O) groups excluding carboxylic acids is 1. The summed E-state index contributed by atoms with van der Waals surface area (Å²) < 4.78 is 3.55. The Morgan fingerprint density at radius 2 is 2.00 bits per heavy atom. The number of carbonyl (C=O) groups is 1. The Labute approximate surface area is 147 Å².